The number of aromatic nitrogens is 2. The number of carbonyl (C=O) groups excluding carboxylic acids is 1. The Morgan fingerprint density at radius 1 is 1.19 bits per heavy atom. The lowest BCUT2D eigenvalue weighted by Crippen LogP contribution is -2.38. The second-order valence-corrected chi connectivity index (χ2v) is 7.54. The molecular formula is C18H19Cl2N5OS. The number of thiophene rings is 1. The molecule has 0 radical (unpaired) electrons. The minimum atomic E-state index is -0.578. The fraction of sp³-hybridized carbons (Fsp3) is 0.278. The number of amides is 1. The van der Waals surface area contributed by atoms with Crippen LogP contribution in [0.2, 0.25) is 10.0 Å². The number of benzene rings is 1. The zero-order chi connectivity index (χ0) is 19.7. The van der Waals surface area contributed by atoms with E-state index in [1.54, 1.807) is 12.1 Å². The fourth-order valence-corrected chi connectivity index (χ4v) is 3.94. The molecule has 1 aliphatic rings. The quantitative estimate of drug-likeness (QED) is 0.641. The average Bonchev–Trinajstić information content (AvgIpc) is 2.94. The highest BCUT2D eigenvalue weighted by atomic mass is 35.5. The molecule has 27 heavy (non-hydrogen) atoms. The van der Waals surface area contributed by atoms with E-state index in [0.29, 0.717) is 37.6 Å². The number of nitrogens with zero attached hydrogens (tertiary/aromatic N) is 3. The molecule has 9 heteroatoms. The summed E-state index contributed by atoms with van der Waals surface area (Å²) in [5.74, 6) is 0.0307. The van der Waals surface area contributed by atoms with Gasteiger partial charge in [0.05, 0.1) is 26.8 Å². The Morgan fingerprint density at radius 3 is 2.44 bits per heavy atom. The zero-order valence-corrected chi connectivity index (χ0v) is 17.3. The minimum absolute atomic E-state index is 0.284. The number of anilines is 2. The maximum absolute atomic E-state index is 11.7. The van der Waals surface area contributed by atoms with E-state index in [2.05, 4.69) is 14.9 Å². The average molecular weight is 424 g/mol. The van der Waals surface area contributed by atoms with Crippen molar-refractivity contribution >= 4 is 62.3 Å². The molecule has 6 nitrogen and oxygen atoms in total. The van der Waals surface area contributed by atoms with Crippen LogP contribution in [0.15, 0.2) is 18.2 Å². The topological polar surface area (TPSA) is 98.1 Å². The van der Waals surface area contributed by atoms with Crippen molar-refractivity contribution in [3.8, 4) is 11.3 Å². The predicted molar refractivity (Wildman–Crippen MR) is 114 cm³/mol. The van der Waals surface area contributed by atoms with Gasteiger partial charge in [-0.25, -0.2) is 9.97 Å². The number of primary amides is 1. The molecule has 4 N–H and O–H groups in total. The molecule has 0 spiro atoms. The second kappa shape index (κ2) is 7.88. The van der Waals surface area contributed by atoms with E-state index in [1.807, 2.05) is 19.9 Å². The van der Waals surface area contributed by atoms with Gasteiger partial charge < -0.3 is 16.4 Å². The van der Waals surface area contributed by atoms with E-state index in [0.717, 1.165) is 25.1 Å². The first kappa shape index (κ1) is 19.7. The number of fused-ring (bicyclic) bond motifs is 1. The number of halogens is 2. The highest BCUT2D eigenvalue weighted by Crippen LogP contribution is 2.40. The maximum atomic E-state index is 11.7. The molecule has 1 aromatic carbocycles. The summed E-state index contributed by atoms with van der Waals surface area (Å²) in [5.41, 5.74) is 13.3. The zero-order valence-electron chi connectivity index (χ0n) is 14.9. The van der Waals surface area contributed by atoms with Crippen LogP contribution in [-0.2, 0) is 0 Å². The van der Waals surface area contributed by atoms with Crippen LogP contribution in [0.4, 0.5) is 11.6 Å². The van der Waals surface area contributed by atoms with Crippen LogP contribution < -0.4 is 16.4 Å². The van der Waals surface area contributed by atoms with Gasteiger partial charge in [-0.3, -0.25) is 4.79 Å². The molecule has 1 amide bonds. The van der Waals surface area contributed by atoms with Gasteiger partial charge in [0, 0.05) is 18.7 Å². The van der Waals surface area contributed by atoms with E-state index in [9.17, 15) is 4.79 Å². The predicted octanol–water partition coefficient (Wildman–Crippen LogP) is 4.58. The number of carbonyl (C=O) groups is 1. The minimum Gasteiger partial charge on any atom is -0.397 e. The van der Waals surface area contributed by atoms with E-state index in [1.165, 1.54) is 11.3 Å². The molecule has 0 atom stereocenters. The second-order valence-electron chi connectivity index (χ2n) is 5.73. The standard InChI is InChI=1S/C16H13Cl2N5OS.C2H6/c17-8-3-2-7(6-9(8)18)12-10-11(19)13(14(20)24)25-15(10)22-16(21-12)23-4-1-5-23;1-2/h2-3,6H,1,4-5,19H2,(H2,20,24);1-2H3. The third-order valence-corrected chi connectivity index (χ3v) is 5.99. The third-order valence-electron chi connectivity index (χ3n) is 4.13. The van der Waals surface area contributed by atoms with Crippen molar-refractivity contribution in [3.05, 3.63) is 33.1 Å². The van der Waals surface area contributed by atoms with Gasteiger partial charge in [0.15, 0.2) is 0 Å². The number of nitrogens with two attached hydrogens (primary N) is 2. The van der Waals surface area contributed by atoms with Crippen molar-refractivity contribution in [2.24, 2.45) is 5.73 Å². The van der Waals surface area contributed by atoms with Crippen LogP contribution in [0.1, 0.15) is 29.9 Å². The Bertz CT molecular complexity index is 1020. The molecule has 0 aliphatic carbocycles. The van der Waals surface area contributed by atoms with Crippen molar-refractivity contribution in [3.63, 3.8) is 0 Å². The first-order chi connectivity index (χ1) is 13.0. The summed E-state index contributed by atoms with van der Waals surface area (Å²) < 4.78 is 0. The van der Waals surface area contributed by atoms with E-state index in [4.69, 9.17) is 34.7 Å². The third kappa shape index (κ3) is 3.54. The van der Waals surface area contributed by atoms with Crippen LogP contribution in [0.5, 0.6) is 0 Å². The number of hydrogen-bond donors (Lipinski definition) is 2. The Kier molecular flexibility index (Phi) is 5.74. The smallest absolute Gasteiger partial charge is 0.260 e. The highest BCUT2D eigenvalue weighted by Gasteiger charge is 2.24. The normalized spacial score (nSPS) is 13.1. The Balaban J connectivity index is 0.00000102. The Hall–Kier alpha value is -2.09. The molecule has 3 heterocycles. The highest BCUT2D eigenvalue weighted by molar-refractivity contribution is 7.21. The first-order valence-corrected chi connectivity index (χ1v) is 10.1. The van der Waals surface area contributed by atoms with Crippen molar-refractivity contribution in [2.75, 3.05) is 23.7 Å². The summed E-state index contributed by atoms with van der Waals surface area (Å²) in [4.78, 5) is 23.9. The van der Waals surface area contributed by atoms with Gasteiger partial charge in [0.25, 0.3) is 5.91 Å². The summed E-state index contributed by atoms with van der Waals surface area (Å²) in [7, 11) is 0. The van der Waals surface area contributed by atoms with Crippen LogP contribution in [0.25, 0.3) is 21.5 Å². The molecule has 1 saturated heterocycles. The summed E-state index contributed by atoms with van der Waals surface area (Å²) >= 11 is 13.4. The summed E-state index contributed by atoms with van der Waals surface area (Å²) in [6.45, 7) is 5.80. The Morgan fingerprint density at radius 2 is 1.89 bits per heavy atom. The number of hydrogen-bond acceptors (Lipinski definition) is 6. The van der Waals surface area contributed by atoms with Crippen molar-refractivity contribution in [1.82, 2.24) is 9.97 Å². The monoisotopic (exact) mass is 423 g/mol. The summed E-state index contributed by atoms with van der Waals surface area (Å²) in [6.07, 6.45) is 1.10. The molecule has 1 fully saturated rings. The van der Waals surface area contributed by atoms with Crippen molar-refractivity contribution in [2.45, 2.75) is 20.3 Å². The van der Waals surface area contributed by atoms with Crippen LogP contribution in [-0.4, -0.2) is 29.0 Å². The molecular weight excluding hydrogens is 405 g/mol. The lowest BCUT2D eigenvalue weighted by Gasteiger charge is -2.31. The molecule has 0 bridgehead atoms. The number of nitrogen functional groups attached to an aromatic ring is 1. The fourth-order valence-electron chi connectivity index (χ4n) is 2.70. The van der Waals surface area contributed by atoms with Gasteiger partial charge in [-0.2, -0.15) is 0 Å². The van der Waals surface area contributed by atoms with Crippen molar-refractivity contribution in [1.29, 1.82) is 0 Å². The number of rotatable bonds is 3. The molecule has 1 aliphatic heterocycles. The molecule has 0 unspecified atom stereocenters. The molecule has 2 aromatic heterocycles. The summed E-state index contributed by atoms with van der Waals surface area (Å²) in [6, 6.07) is 5.25. The van der Waals surface area contributed by atoms with Gasteiger partial charge in [0.1, 0.15) is 9.71 Å². The van der Waals surface area contributed by atoms with E-state index < -0.39 is 5.91 Å². The van der Waals surface area contributed by atoms with E-state index >= 15 is 0 Å². The van der Waals surface area contributed by atoms with Crippen LogP contribution >= 0.6 is 34.5 Å². The summed E-state index contributed by atoms with van der Waals surface area (Å²) in [5, 5.41) is 1.48. The van der Waals surface area contributed by atoms with Crippen LogP contribution in [0, 0.1) is 0 Å². The van der Waals surface area contributed by atoms with Gasteiger partial charge in [-0.1, -0.05) is 43.1 Å². The lowest BCUT2D eigenvalue weighted by molar-refractivity contribution is 0.100. The van der Waals surface area contributed by atoms with Crippen molar-refractivity contribution < 1.29 is 4.79 Å². The molecule has 4 rings (SSSR count). The maximum Gasteiger partial charge on any atom is 0.260 e. The van der Waals surface area contributed by atoms with Gasteiger partial charge >= 0.3 is 0 Å². The SMILES string of the molecule is CC.NC(=O)c1sc2nc(N3CCC3)nc(-c3ccc(Cl)c(Cl)c3)c2c1N. The van der Waals surface area contributed by atoms with Gasteiger partial charge in [-0.15, -0.1) is 11.3 Å². The lowest BCUT2D eigenvalue weighted by atomic mass is 10.1. The molecule has 142 valence electrons. The molecule has 0 saturated carbocycles. The van der Waals surface area contributed by atoms with Gasteiger partial charge in [-0.05, 0) is 18.6 Å². The van der Waals surface area contributed by atoms with Gasteiger partial charge in [0.2, 0.25) is 5.95 Å². The van der Waals surface area contributed by atoms with E-state index in [-0.39, 0.29) is 4.88 Å². The first-order valence-electron chi connectivity index (χ1n) is 8.56. The van der Waals surface area contributed by atoms with Crippen LogP contribution in [0.3, 0.4) is 0 Å². The molecule has 3 aromatic rings. The largest absolute Gasteiger partial charge is 0.397 e. The Labute approximate surface area is 171 Å².